The van der Waals surface area contributed by atoms with Crippen molar-refractivity contribution in [3.63, 3.8) is 0 Å². The molecule has 0 unspecified atom stereocenters. The van der Waals surface area contributed by atoms with Gasteiger partial charge >= 0.3 is 0 Å². The highest BCUT2D eigenvalue weighted by Gasteiger charge is 2.58. The Bertz CT molecular complexity index is 413. The second kappa shape index (κ2) is 3.49. The molecule has 0 saturated heterocycles. The molecule has 0 heterocycles. The van der Waals surface area contributed by atoms with Crippen LogP contribution in [-0.4, -0.2) is 31.4 Å². The van der Waals surface area contributed by atoms with Crippen LogP contribution < -0.4 is 0 Å². The summed E-state index contributed by atoms with van der Waals surface area (Å²) in [6, 6.07) is 7.65. The molecule has 0 spiro atoms. The highest BCUT2D eigenvalue weighted by Crippen LogP contribution is 2.60. The van der Waals surface area contributed by atoms with Gasteiger partial charge in [-0.2, -0.15) is 0 Å². The van der Waals surface area contributed by atoms with Crippen molar-refractivity contribution < 1.29 is 0 Å². The predicted octanol–water partition coefficient (Wildman–Crippen LogP) is 1.34. The van der Waals surface area contributed by atoms with Crippen LogP contribution in [0.3, 0.4) is 0 Å². The second-order valence-electron chi connectivity index (χ2n) is 5.64. The van der Waals surface area contributed by atoms with Gasteiger partial charge in [-0.25, -0.2) is 0 Å². The van der Waals surface area contributed by atoms with Crippen molar-refractivity contribution in [2.45, 2.75) is 31.2 Å². The molecule has 1 aliphatic rings. The van der Waals surface area contributed by atoms with Gasteiger partial charge in [0.05, 0.1) is 31.4 Å². The van der Waals surface area contributed by atoms with E-state index in [0.29, 0.717) is 0 Å². The average Bonchev–Trinajstić information content (AvgIpc) is 2.37. The van der Waals surface area contributed by atoms with Crippen LogP contribution in [0.15, 0.2) is 24.3 Å². The summed E-state index contributed by atoms with van der Waals surface area (Å²) in [6.07, 6.45) is 0. The van der Waals surface area contributed by atoms with E-state index < -0.39 is 15.8 Å². The number of benzene rings is 1. The Hall–Kier alpha value is -0.520. The van der Waals surface area contributed by atoms with E-state index in [4.69, 9.17) is 31.4 Å². The van der Waals surface area contributed by atoms with Crippen LogP contribution in [0.25, 0.3) is 0 Å². The molecule has 1 aromatic rings. The third-order valence-corrected chi connectivity index (χ3v) is 4.69. The lowest BCUT2D eigenvalue weighted by molar-refractivity contribution is 0.174. The highest BCUT2D eigenvalue weighted by atomic mass is 14.5. The number of fused-ring (bicyclic) bond motifs is 1. The van der Waals surface area contributed by atoms with Gasteiger partial charge in [0.2, 0.25) is 0 Å². The third kappa shape index (κ3) is 1.30. The average molecular weight is 214 g/mol. The largest absolute Gasteiger partial charge is 0.0705 e. The minimum absolute atomic E-state index is 0.167. The Morgan fingerprint density at radius 3 is 1.53 bits per heavy atom. The van der Waals surface area contributed by atoms with E-state index in [9.17, 15) is 0 Å². The quantitative estimate of drug-likeness (QED) is 0.618. The van der Waals surface area contributed by atoms with Gasteiger partial charge in [0.15, 0.2) is 0 Å². The monoisotopic (exact) mass is 214 g/mol. The van der Waals surface area contributed by atoms with Crippen molar-refractivity contribution in [1.82, 2.24) is 0 Å². The second-order valence-corrected chi connectivity index (χ2v) is 5.64. The molecular formula is C13H14B4. The van der Waals surface area contributed by atoms with Crippen molar-refractivity contribution in [2.24, 2.45) is 11.3 Å². The number of hydrogen-bond donors (Lipinski definition) is 0. The summed E-state index contributed by atoms with van der Waals surface area (Å²) in [4.78, 5) is 0. The van der Waals surface area contributed by atoms with Gasteiger partial charge < -0.3 is 0 Å². The Morgan fingerprint density at radius 2 is 1.24 bits per heavy atom. The van der Waals surface area contributed by atoms with E-state index in [-0.39, 0.29) is 5.92 Å². The number of hydrogen-bond acceptors (Lipinski definition) is 0. The minimum atomic E-state index is -1.01. The molecule has 0 amide bonds. The van der Waals surface area contributed by atoms with E-state index in [1.54, 1.807) is 0 Å². The Kier molecular flexibility index (Phi) is 2.66. The lowest BCUT2D eigenvalue weighted by Gasteiger charge is -2.52. The first-order valence-corrected chi connectivity index (χ1v) is 5.93. The molecule has 0 N–H and O–H groups in total. The zero-order valence-electron chi connectivity index (χ0n) is 10.7. The van der Waals surface area contributed by atoms with E-state index in [2.05, 4.69) is 13.8 Å². The summed E-state index contributed by atoms with van der Waals surface area (Å²) >= 11 is 0. The van der Waals surface area contributed by atoms with Crippen LogP contribution in [0.1, 0.15) is 31.9 Å². The molecule has 17 heavy (non-hydrogen) atoms. The molecule has 8 radical (unpaired) electrons. The normalized spacial score (nSPS) is 23.5. The fourth-order valence-corrected chi connectivity index (χ4v) is 3.06. The summed E-state index contributed by atoms with van der Waals surface area (Å²) in [5, 5.41) is -2.03. The molecule has 2 rings (SSSR count). The summed E-state index contributed by atoms with van der Waals surface area (Å²) < 4.78 is 0. The van der Waals surface area contributed by atoms with Crippen LogP contribution in [-0.2, 0) is 10.4 Å². The maximum Gasteiger partial charge on any atom is 0.0690 e. The first kappa shape index (κ1) is 12.9. The van der Waals surface area contributed by atoms with E-state index >= 15 is 0 Å². The minimum Gasteiger partial charge on any atom is -0.0705 e. The van der Waals surface area contributed by atoms with Crippen molar-refractivity contribution in [2.75, 3.05) is 0 Å². The first-order chi connectivity index (χ1) is 7.67. The summed E-state index contributed by atoms with van der Waals surface area (Å²) in [7, 11) is 25.4. The zero-order chi connectivity index (χ0) is 13.1. The van der Waals surface area contributed by atoms with E-state index in [1.165, 1.54) is 0 Å². The SMILES string of the molecule is [B]C1([B])c2ccccc2C([B])([B])C1(C)C(C)C. The van der Waals surface area contributed by atoms with Crippen LogP contribution in [0.4, 0.5) is 0 Å². The Morgan fingerprint density at radius 1 is 0.882 bits per heavy atom. The molecule has 0 bridgehead atoms. The molecule has 78 valence electrons. The zero-order valence-corrected chi connectivity index (χ0v) is 10.7. The van der Waals surface area contributed by atoms with Crippen LogP contribution in [0, 0.1) is 11.3 Å². The van der Waals surface area contributed by atoms with Crippen molar-refractivity contribution in [1.29, 1.82) is 0 Å². The lowest BCUT2D eigenvalue weighted by atomic mass is 9.30. The standard InChI is InChI=1S/C13H14B4/c1-8(2)11(3)12(14,15)9-6-4-5-7-10(9)13(11,16)17/h4-8H,1-3H3. The van der Waals surface area contributed by atoms with E-state index in [1.807, 2.05) is 31.2 Å². The number of rotatable bonds is 1. The molecule has 0 saturated carbocycles. The molecule has 1 aliphatic carbocycles. The molecule has 0 fully saturated rings. The van der Waals surface area contributed by atoms with Crippen LogP contribution >= 0.6 is 0 Å². The topological polar surface area (TPSA) is 0 Å². The molecule has 0 aromatic heterocycles. The van der Waals surface area contributed by atoms with Gasteiger partial charge in [0.25, 0.3) is 0 Å². The predicted molar refractivity (Wildman–Crippen MR) is 75.8 cm³/mol. The van der Waals surface area contributed by atoms with Gasteiger partial charge in [-0.05, 0) is 11.3 Å². The fourth-order valence-electron chi connectivity index (χ4n) is 3.06. The van der Waals surface area contributed by atoms with Gasteiger partial charge in [-0.15, -0.1) is 0 Å². The molecule has 1 aromatic carbocycles. The van der Waals surface area contributed by atoms with Crippen molar-refractivity contribution in [3.05, 3.63) is 35.4 Å². The van der Waals surface area contributed by atoms with Gasteiger partial charge in [-0.3, -0.25) is 0 Å². The van der Waals surface area contributed by atoms with Gasteiger partial charge in [0, 0.05) is 0 Å². The van der Waals surface area contributed by atoms with Gasteiger partial charge in [-0.1, -0.05) is 66.6 Å². The summed E-state index contributed by atoms with van der Waals surface area (Å²) in [5.41, 5.74) is 1.10. The highest BCUT2D eigenvalue weighted by molar-refractivity contribution is 6.48. The third-order valence-electron chi connectivity index (χ3n) is 4.69. The summed E-state index contributed by atoms with van der Waals surface area (Å²) in [5.74, 6) is 0.167. The maximum atomic E-state index is 6.36. The molecule has 4 heteroatoms. The fraction of sp³-hybridized carbons (Fsp3) is 0.538. The van der Waals surface area contributed by atoms with E-state index in [0.717, 1.165) is 11.1 Å². The van der Waals surface area contributed by atoms with Crippen molar-refractivity contribution >= 4 is 31.4 Å². The Labute approximate surface area is 110 Å². The smallest absolute Gasteiger partial charge is 0.0690 e. The van der Waals surface area contributed by atoms with Crippen LogP contribution in [0.2, 0.25) is 0 Å². The first-order valence-electron chi connectivity index (χ1n) is 5.93. The van der Waals surface area contributed by atoms with Crippen molar-refractivity contribution in [3.8, 4) is 0 Å². The Balaban J connectivity index is 2.77. The van der Waals surface area contributed by atoms with Crippen LogP contribution in [0.5, 0.6) is 0 Å². The lowest BCUT2D eigenvalue weighted by Crippen LogP contribution is -2.55. The van der Waals surface area contributed by atoms with Gasteiger partial charge in [0.1, 0.15) is 0 Å². The molecule has 0 nitrogen and oxygen atoms in total. The molecule has 0 atom stereocenters. The summed E-state index contributed by atoms with van der Waals surface area (Å²) in [6.45, 7) is 6.07. The maximum absolute atomic E-state index is 6.36. The molecule has 0 aliphatic heterocycles. The molecular weight excluding hydrogens is 199 g/mol.